The maximum atomic E-state index is 11.8. The van der Waals surface area contributed by atoms with E-state index in [-0.39, 0.29) is 5.91 Å². The van der Waals surface area contributed by atoms with Crippen LogP contribution in [0.15, 0.2) is 36.7 Å². The van der Waals surface area contributed by atoms with Gasteiger partial charge in [-0.05, 0) is 31.4 Å². The van der Waals surface area contributed by atoms with Crippen molar-refractivity contribution in [2.45, 2.75) is 25.8 Å². The molecule has 2 aromatic rings. The second kappa shape index (κ2) is 5.28. The molecule has 1 aromatic carbocycles. The summed E-state index contributed by atoms with van der Waals surface area (Å²) >= 11 is 0. The number of aryl methyl sites for hydroxylation is 1. The number of para-hydroxylation sites is 1. The predicted molar refractivity (Wildman–Crippen MR) is 77.0 cm³/mol. The standard InChI is InChI=1S/C15H16N4O/c1-10-4-2-3-5-12(10)19-14-9-16-13(8-17-14)15(20)18-11-6-7-11/h2-5,8-9,11H,6-7H2,1H3,(H,17,19)(H,18,20). The smallest absolute Gasteiger partial charge is 0.271 e. The van der Waals surface area contributed by atoms with Gasteiger partial charge in [0.15, 0.2) is 0 Å². The molecule has 1 saturated carbocycles. The van der Waals surface area contributed by atoms with E-state index in [9.17, 15) is 4.79 Å². The molecule has 0 saturated heterocycles. The fraction of sp³-hybridized carbons (Fsp3) is 0.267. The van der Waals surface area contributed by atoms with Crippen molar-refractivity contribution in [1.82, 2.24) is 15.3 Å². The van der Waals surface area contributed by atoms with Gasteiger partial charge in [-0.3, -0.25) is 4.79 Å². The van der Waals surface area contributed by atoms with Crippen molar-refractivity contribution < 1.29 is 4.79 Å². The van der Waals surface area contributed by atoms with Gasteiger partial charge in [0.1, 0.15) is 11.5 Å². The molecule has 0 radical (unpaired) electrons. The summed E-state index contributed by atoms with van der Waals surface area (Å²) in [5.74, 6) is 0.477. The third-order valence-corrected chi connectivity index (χ3v) is 3.20. The van der Waals surface area contributed by atoms with Gasteiger partial charge in [-0.25, -0.2) is 9.97 Å². The molecule has 0 spiro atoms. The summed E-state index contributed by atoms with van der Waals surface area (Å²) in [6.07, 6.45) is 5.20. The Morgan fingerprint density at radius 1 is 1.20 bits per heavy atom. The monoisotopic (exact) mass is 268 g/mol. The third-order valence-electron chi connectivity index (χ3n) is 3.20. The van der Waals surface area contributed by atoms with Crippen LogP contribution < -0.4 is 10.6 Å². The largest absolute Gasteiger partial charge is 0.348 e. The van der Waals surface area contributed by atoms with Gasteiger partial charge < -0.3 is 10.6 Å². The number of nitrogens with one attached hydrogen (secondary N) is 2. The Morgan fingerprint density at radius 2 is 2.00 bits per heavy atom. The summed E-state index contributed by atoms with van der Waals surface area (Å²) in [5.41, 5.74) is 2.47. The highest BCUT2D eigenvalue weighted by molar-refractivity contribution is 5.92. The van der Waals surface area contributed by atoms with Gasteiger partial charge >= 0.3 is 0 Å². The second-order valence-corrected chi connectivity index (χ2v) is 4.97. The minimum atomic E-state index is -0.151. The third kappa shape index (κ3) is 2.93. The first-order valence-corrected chi connectivity index (χ1v) is 6.68. The average Bonchev–Trinajstić information content (AvgIpc) is 3.26. The summed E-state index contributed by atoms with van der Waals surface area (Å²) in [5, 5.41) is 6.07. The summed E-state index contributed by atoms with van der Waals surface area (Å²) < 4.78 is 0. The molecule has 1 aliphatic carbocycles. The molecule has 1 heterocycles. The molecule has 3 rings (SSSR count). The van der Waals surface area contributed by atoms with Gasteiger partial charge in [-0.2, -0.15) is 0 Å². The average molecular weight is 268 g/mol. The van der Waals surface area contributed by atoms with Crippen LogP contribution in [0.3, 0.4) is 0 Å². The second-order valence-electron chi connectivity index (χ2n) is 4.97. The maximum Gasteiger partial charge on any atom is 0.271 e. The Morgan fingerprint density at radius 3 is 2.65 bits per heavy atom. The number of benzene rings is 1. The minimum absolute atomic E-state index is 0.151. The van der Waals surface area contributed by atoms with Crippen LogP contribution in [0.5, 0.6) is 0 Å². The Labute approximate surface area is 117 Å². The lowest BCUT2D eigenvalue weighted by molar-refractivity contribution is 0.0945. The van der Waals surface area contributed by atoms with Crippen LogP contribution >= 0.6 is 0 Å². The topological polar surface area (TPSA) is 66.9 Å². The molecule has 1 aromatic heterocycles. The van der Waals surface area contributed by atoms with E-state index in [1.165, 1.54) is 6.20 Å². The highest BCUT2D eigenvalue weighted by atomic mass is 16.2. The van der Waals surface area contributed by atoms with Crippen LogP contribution in [0.1, 0.15) is 28.9 Å². The molecule has 5 nitrogen and oxygen atoms in total. The van der Waals surface area contributed by atoms with Crippen LogP contribution in [0.4, 0.5) is 11.5 Å². The number of aromatic nitrogens is 2. The van der Waals surface area contributed by atoms with E-state index in [0.717, 1.165) is 24.1 Å². The molecule has 0 atom stereocenters. The number of hydrogen-bond donors (Lipinski definition) is 2. The van der Waals surface area contributed by atoms with E-state index < -0.39 is 0 Å². The number of carbonyl (C=O) groups is 1. The quantitative estimate of drug-likeness (QED) is 0.893. The lowest BCUT2D eigenvalue weighted by atomic mass is 10.2. The zero-order valence-electron chi connectivity index (χ0n) is 11.3. The number of carbonyl (C=O) groups excluding carboxylic acids is 1. The van der Waals surface area contributed by atoms with E-state index in [2.05, 4.69) is 20.6 Å². The predicted octanol–water partition coefficient (Wildman–Crippen LogP) is 2.42. The van der Waals surface area contributed by atoms with Crippen molar-refractivity contribution in [3.8, 4) is 0 Å². The number of nitrogens with zero attached hydrogens (tertiary/aromatic N) is 2. The van der Waals surface area contributed by atoms with Crippen molar-refractivity contribution in [3.63, 3.8) is 0 Å². The fourth-order valence-corrected chi connectivity index (χ4v) is 1.85. The highest BCUT2D eigenvalue weighted by Crippen LogP contribution is 2.20. The van der Waals surface area contributed by atoms with Crippen LogP contribution in [-0.4, -0.2) is 21.9 Å². The normalized spacial score (nSPS) is 13.8. The van der Waals surface area contributed by atoms with E-state index in [1.807, 2.05) is 31.2 Å². The SMILES string of the molecule is Cc1ccccc1Nc1cnc(C(=O)NC2CC2)cn1. The van der Waals surface area contributed by atoms with Gasteiger partial charge in [0.25, 0.3) is 5.91 Å². The van der Waals surface area contributed by atoms with Crippen molar-refractivity contribution >= 4 is 17.4 Å². The number of amides is 1. The molecule has 102 valence electrons. The number of anilines is 2. The van der Waals surface area contributed by atoms with E-state index in [0.29, 0.717) is 17.6 Å². The van der Waals surface area contributed by atoms with Gasteiger partial charge in [-0.1, -0.05) is 18.2 Å². The van der Waals surface area contributed by atoms with Gasteiger partial charge in [0.2, 0.25) is 0 Å². The molecule has 0 aliphatic heterocycles. The Bertz CT molecular complexity index is 620. The fourth-order valence-electron chi connectivity index (χ4n) is 1.85. The molecule has 0 bridgehead atoms. The van der Waals surface area contributed by atoms with Crippen molar-refractivity contribution in [2.24, 2.45) is 0 Å². The lowest BCUT2D eigenvalue weighted by Crippen LogP contribution is -2.26. The Hall–Kier alpha value is -2.43. The summed E-state index contributed by atoms with van der Waals surface area (Å²) in [4.78, 5) is 20.2. The molecule has 2 N–H and O–H groups in total. The molecule has 5 heteroatoms. The Kier molecular flexibility index (Phi) is 3.33. The molecule has 1 fully saturated rings. The first kappa shape index (κ1) is 12.6. The first-order valence-electron chi connectivity index (χ1n) is 6.68. The van der Waals surface area contributed by atoms with Crippen LogP contribution in [0, 0.1) is 6.92 Å². The summed E-state index contributed by atoms with van der Waals surface area (Å²) in [7, 11) is 0. The van der Waals surface area contributed by atoms with Crippen LogP contribution in [0.2, 0.25) is 0 Å². The van der Waals surface area contributed by atoms with Gasteiger partial charge in [-0.15, -0.1) is 0 Å². The maximum absolute atomic E-state index is 11.8. The van der Waals surface area contributed by atoms with Crippen molar-refractivity contribution in [2.75, 3.05) is 5.32 Å². The molecule has 20 heavy (non-hydrogen) atoms. The minimum Gasteiger partial charge on any atom is -0.348 e. The molecule has 0 unspecified atom stereocenters. The zero-order valence-corrected chi connectivity index (χ0v) is 11.3. The first-order chi connectivity index (χ1) is 9.72. The summed E-state index contributed by atoms with van der Waals surface area (Å²) in [6, 6.07) is 8.27. The molecule has 1 aliphatic rings. The van der Waals surface area contributed by atoms with E-state index in [4.69, 9.17) is 0 Å². The van der Waals surface area contributed by atoms with Crippen molar-refractivity contribution in [1.29, 1.82) is 0 Å². The molecular weight excluding hydrogens is 252 g/mol. The van der Waals surface area contributed by atoms with E-state index >= 15 is 0 Å². The zero-order chi connectivity index (χ0) is 13.9. The Balaban J connectivity index is 1.69. The highest BCUT2D eigenvalue weighted by Gasteiger charge is 2.24. The summed E-state index contributed by atoms with van der Waals surface area (Å²) in [6.45, 7) is 2.02. The number of rotatable bonds is 4. The van der Waals surface area contributed by atoms with E-state index in [1.54, 1.807) is 6.20 Å². The van der Waals surface area contributed by atoms with Crippen LogP contribution in [0.25, 0.3) is 0 Å². The van der Waals surface area contributed by atoms with Gasteiger partial charge in [0, 0.05) is 11.7 Å². The van der Waals surface area contributed by atoms with Gasteiger partial charge in [0.05, 0.1) is 12.4 Å². The van der Waals surface area contributed by atoms with Crippen LogP contribution in [-0.2, 0) is 0 Å². The molecular formula is C15H16N4O. The van der Waals surface area contributed by atoms with Crippen molar-refractivity contribution in [3.05, 3.63) is 47.9 Å². The number of hydrogen-bond acceptors (Lipinski definition) is 4. The molecule has 1 amide bonds. The lowest BCUT2D eigenvalue weighted by Gasteiger charge is -2.08.